The Bertz CT molecular complexity index is 2030. The zero-order chi connectivity index (χ0) is 36.0. The van der Waals surface area contributed by atoms with Crippen molar-refractivity contribution < 1.29 is 29.4 Å². The SMILES string of the molecule is CC(C)[C@@]12SSS[C@]3(C(=O)N1C)[C@@H](O)[C@]1([C@]45c6ccccc6N[C@H]4N4C(=O)[C@@]6(C(C)C)SS[C@@]4(C(=O)N6C)[C@H]5O)c4ccccc4N[C@@H]1N3C2=O. The van der Waals surface area contributed by atoms with Gasteiger partial charge >= 0.3 is 0 Å². The molecule has 2 spiro atoms. The third kappa shape index (κ3) is 2.93. The average molecular weight is 785 g/mol. The molecule has 0 unspecified atom stereocenters. The summed E-state index contributed by atoms with van der Waals surface area (Å²) in [5, 5.41) is 34.4. The molecule has 2 aromatic carbocycles. The highest BCUT2D eigenvalue weighted by molar-refractivity contribution is 9.10. The van der Waals surface area contributed by atoms with Crippen molar-refractivity contribution in [1.29, 1.82) is 0 Å². The first-order valence-electron chi connectivity index (χ1n) is 16.9. The monoisotopic (exact) mass is 784 g/mol. The van der Waals surface area contributed by atoms with E-state index in [-0.39, 0.29) is 23.7 Å². The molecule has 0 saturated carbocycles. The maximum absolute atomic E-state index is 15.4. The number of nitrogens with one attached hydrogen (secondary N) is 2. The number of anilines is 2. The third-order valence-electron chi connectivity index (χ3n) is 13.2. The normalized spacial score (nSPS) is 44.0. The molecule has 17 heteroatoms. The summed E-state index contributed by atoms with van der Waals surface area (Å²) in [5.74, 6) is -2.02. The molecule has 8 fully saturated rings. The first kappa shape index (κ1) is 33.2. The number of piperazine rings is 2. The summed E-state index contributed by atoms with van der Waals surface area (Å²) in [6.45, 7) is 7.67. The number of rotatable bonds is 3. The zero-order valence-corrected chi connectivity index (χ0v) is 32.5. The maximum atomic E-state index is 15.4. The van der Waals surface area contributed by atoms with Crippen molar-refractivity contribution in [2.24, 2.45) is 11.8 Å². The number of nitrogens with zero attached hydrogens (tertiary/aromatic N) is 4. The fraction of sp³-hybridized carbons (Fsp3) is 0.529. The molecule has 0 aromatic heterocycles. The van der Waals surface area contributed by atoms with Gasteiger partial charge in [0.2, 0.25) is 9.74 Å². The van der Waals surface area contributed by atoms with Gasteiger partial charge in [-0.3, -0.25) is 29.0 Å². The Balaban J connectivity index is 1.34. The fourth-order valence-electron chi connectivity index (χ4n) is 11.0. The van der Waals surface area contributed by atoms with E-state index in [1.807, 2.05) is 76.2 Å². The highest BCUT2D eigenvalue weighted by Gasteiger charge is 2.93. The first-order valence-corrected chi connectivity index (χ1v) is 22.6. The van der Waals surface area contributed by atoms with Gasteiger partial charge in [-0.15, -0.1) is 0 Å². The summed E-state index contributed by atoms with van der Waals surface area (Å²) in [6, 6.07) is 14.9. The number of hydrogen-bond donors (Lipinski definition) is 4. The van der Waals surface area contributed by atoms with Gasteiger partial charge in [0.1, 0.15) is 24.5 Å². The summed E-state index contributed by atoms with van der Waals surface area (Å²) < 4.78 is 0. The van der Waals surface area contributed by atoms with Gasteiger partial charge in [0.25, 0.3) is 23.6 Å². The van der Waals surface area contributed by atoms with Gasteiger partial charge in [0.15, 0.2) is 9.74 Å². The van der Waals surface area contributed by atoms with Crippen LogP contribution in [0.25, 0.3) is 0 Å². The van der Waals surface area contributed by atoms with E-state index in [1.165, 1.54) is 62.8 Å². The van der Waals surface area contributed by atoms with Crippen molar-refractivity contribution in [2.75, 3.05) is 24.7 Å². The minimum absolute atomic E-state index is 0.279. The molecule has 4 N–H and O–H groups in total. The molecule has 12 rings (SSSR count). The molecular formula is C34H36N6O6S5. The number of aliphatic hydroxyl groups is 2. The van der Waals surface area contributed by atoms with Crippen LogP contribution in [0.1, 0.15) is 38.8 Å². The third-order valence-corrected chi connectivity index (χ3v) is 22.4. The topological polar surface area (TPSA) is 146 Å². The van der Waals surface area contributed by atoms with Crippen LogP contribution in [0.5, 0.6) is 0 Å². The van der Waals surface area contributed by atoms with Crippen molar-refractivity contribution in [3.05, 3.63) is 59.7 Å². The Morgan fingerprint density at radius 1 is 0.608 bits per heavy atom. The molecule has 10 heterocycles. The quantitative estimate of drug-likeness (QED) is 0.339. The molecule has 10 aliphatic heterocycles. The lowest BCUT2D eigenvalue weighted by Crippen LogP contribution is -2.79. The standard InChI is InChI=1S/C34H36N6O6S5/c1-15(2)31-27(45)39-23-29(17-11-7-9-13-19(17)35-23,21(41)33(39,48-47-31)25(43)37(31)5)30-18-12-8-10-14-20(18)36-24(30)40-28(46)32(16(3)4)38(6)26(44)34(40,22(30)42)50-51-49-32/h7-16,21-24,35-36,41-42H,1-6H3/t21-,22-,23-,24+,29-,30+,31+,32-,33+,34-/m0/s1. The van der Waals surface area contributed by atoms with Crippen molar-refractivity contribution in [2.45, 2.75) is 82.5 Å². The summed E-state index contributed by atoms with van der Waals surface area (Å²) >= 11 is 0. The van der Waals surface area contributed by atoms with Crippen LogP contribution in [0, 0.1) is 11.8 Å². The molecular weight excluding hydrogens is 749 g/mol. The predicted octanol–water partition coefficient (Wildman–Crippen LogP) is 3.25. The van der Waals surface area contributed by atoms with Gasteiger partial charge in [0, 0.05) is 25.5 Å². The Kier molecular flexibility index (Phi) is 6.39. The molecule has 12 nitrogen and oxygen atoms in total. The number of fused-ring (bicyclic) bond motifs is 12. The Hall–Kier alpha value is -2.41. The lowest BCUT2D eigenvalue weighted by Gasteiger charge is -2.60. The molecule has 0 radical (unpaired) electrons. The average Bonchev–Trinajstić information content (AvgIpc) is 3.70. The van der Waals surface area contributed by atoms with Crippen LogP contribution in [-0.4, -0.2) is 112 Å². The second-order valence-electron chi connectivity index (χ2n) is 15.3. The molecule has 0 aliphatic carbocycles. The Morgan fingerprint density at radius 3 is 1.47 bits per heavy atom. The van der Waals surface area contributed by atoms with E-state index in [1.54, 1.807) is 23.9 Å². The number of carbonyl (C=O) groups excluding carboxylic acids is 4. The van der Waals surface area contributed by atoms with Crippen LogP contribution in [0.15, 0.2) is 48.5 Å². The first-order chi connectivity index (χ1) is 24.2. The van der Waals surface area contributed by atoms with Gasteiger partial charge in [-0.05, 0) is 77.3 Å². The number of carbonyl (C=O) groups is 4. The van der Waals surface area contributed by atoms with Crippen molar-refractivity contribution in [3.63, 3.8) is 0 Å². The van der Waals surface area contributed by atoms with E-state index in [0.717, 1.165) is 0 Å². The van der Waals surface area contributed by atoms with E-state index in [2.05, 4.69) is 10.6 Å². The number of hydrogen-bond acceptors (Lipinski definition) is 13. The van der Waals surface area contributed by atoms with Crippen LogP contribution in [-0.2, 0) is 30.0 Å². The smallest absolute Gasteiger partial charge is 0.264 e. The van der Waals surface area contributed by atoms with Crippen molar-refractivity contribution >= 4 is 88.0 Å². The second kappa shape index (κ2) is 9.82. The van der Waals surface area contributed by atoms with Gasteiger partial charge < -0.3 is 30.6 Å². The molecule has 4 amide bonds. The number of likely N-dealkylation sites (N-methyl/N-ethyl adjacent to an activating group) is 2. The van der Waals surface area contributed by atoms with Crippen LogP contribution >= 0.6 is 53.0 Å². The summed E-state index contributed by atoms with van der Waals surface area (Å²) in [6.07, 6.45) is -5.33. The summed E-state index contributed by atoms with van der Waals surface area (Å²) in [7, 11) is 9.57. The van der Waals surface area contributed by atoms with Crippen LogP contribution < -0.4 is 10.6 Å². The van der Waals surface area contributed by atoms with Crippen molar-refractivity contribution in [3.8, 4) is 0 Å². The highest BCUT2D eigenvalue weighted by Crippen LogP contribution is 2.79. The van der Waals surface area contributed by atoms with Gasteiger partial charge in [0.05, 0.1) is 10.8 Å². The van der Waals surface area contributed by atoms with Gasteiger partial charge in [-0.2, -0.15) is 0 Å². The van der Waals surface area contributed by atoms with E-state index in [0.29, 0.717) is 22.5 Å². The predicted molar refractivity (Wildman–Crippen MR) is 201 cm³/mol. The lowest BCUT2D eigenvalue weighted by molar-refractivity contribution is -0.169. The van der Waals surface area contributed by atoms with Crippen molar-refractivity contribution in [1.82, 2.24) is 19.6 Å². The fourth-order valence-corrected chi connectivity index (χ4v) is 21.5. The highest BCUT2D eigenvalue weighted by atomic mass is 33.5. The number of para-hydroxylation sites is 2. The van der Waals surface area contributed by atoms with E-state index in [9.17, 15) is 15.0 Å². The Morgan fingerprint density at radius 2 is 1.02 bits per heavy atom. The molecule has 268 valence electrons. The Labute approximate surface area is 314 Å². The van der Waals surface area contributed by atoms with Gasteiger partial charge in [-0.25, -0.2) is 0 Å². The summed E-state index contributed by atoms with van der Waals surface area (Å²) in [5.41, 5.74) is -0.838. The molecule has 8 saturated heterocycles. The van der Waals surface area contributed by atoms with Crippen LogP contribution in [0.2, 0.25) is 0 Å². The van der Waals surface area contributed by atoms with Crippen LogP contribution in [0.4, 0.5) is 11.4 Å². The molecule has 2 aromatic rings. The lowest BCUT2D eigenvalue weighted by atomic mass is 9.52. The molecule has 10 atom stereocenters. The zero-order valence-electron chi connectivity index (χ0n) is 28.4. The molecule has 4 bridgehead atoms. The summed E-state index contributed by atoms with van der Waals surface area (Å²) in [4.78, 5) is 60.7. The minimum atomic E-state index is -1.81. The number of aliphatic hydroxyl groups excluding tert-OH is 2. The van der Waals surface area contributed by atoms with Crippen LogP contribution in [0.3, 0.4) is 0 Å². The molecule has 10 aliphatic rings. The number of benzene rings is 2. The second-order valence-corrected chi connectivity index (χ2v) is 22.2. The maximum Gasteiger partial charge on any atom is 0.264 e. The molecule has 51 heavy (non-hydrogen) atoms. The van der Waals surface area contributed by atoms with Gasteiger partial charge in [-0.1, -0.05) is 74.9 Å². The largest absolute Gasteiger partial charge is 0.388 e. The number of amides is 4. The van der Waals surface area contributed by atoms with E-state index >= 15 is 14.4 Å². The van der Waals surface area contributed by atoms with E-state index in [4.69, 9.17) is 0 Å². The minimum Gasteiger partial charge on any atom is -0.388 e. The van der Waals surface area contributed by atoms with E-state index < -0.39 is 66.7 Å².